The van der Waals surface area contributed by atoms with Crippen molar-refractivity contribution in [1.82, 2.24) is 9.55 Å². The minimum atomic E-state index is -4.62. The number of terminal acetylenes is 1. The smallest absolute Gasteiger partial charge is 0.287 e. The summed E-state index contributed by atoms with van der Waals surface area (Å²) in [4.78, 5) is 15.4. The minimum absolute atomic E-state index is 0.0755. The van der Waals surface area contributed by atoms with Gasteiger partial charge in [0.1, 0.15) is 0 Å². The maximum absolute atomic E-state index is 12.9. The molecule has 1 rings (SSSR count). The zero-order valence-electron chi connectivity index (χ0n) is 11.3. The third kappa shape index (κ3) is 4.12. The Labute approximate surface area is 115 Å². The van der Waals surface area contributed by atoms with Crippen molar-refractivity contribution in [2.24, 2.45) is 0 Å². The van der Waals surface area contributed by atoms with Crippen LogP contribution in [0.4, 0.5) is 13.2 Å². The molecule has 0 saturated carbocycles. The number of alkyl halides is 3. The number of rotatable bonds is 6. The van der Waals surface area contributed by atoms with Gasteiger partial charge in [0.2, 0.25) is 0 Å². The molecule has 6 heteroatoms. The van der Waals surface area contributed by atoms with E-state index in [1.165, 1.54) is 0 Å². The number of nitrogens with zero attached hydrogens (tertiary/aromatic N) is 2. The Morgan fingerprint density at radius 3 is 2.60 bits per heavy atom. The second-order valence-electron chi connectivity index (χ2n) is 4.52. The highest BCUT2D eigenvalue weighted by Crippen LogP contribution is 2.29. The van der Waals surface area contributed by atoms with E-state index in [9.17, 15) is 18.0 Å². The molecule has 0 radical (unpaired) electrons. The highest BCUT2D eigenvalue weighted by molar-refractivity contribution is 5.20. The number of hydrogen-bond acceptors (Lipinski definition) is 2. The van der Waals surface area contributed by atoms with E-state index in [1.54, 1.807) is 0 Å². The Morgan fingerprint density at radius 2 is 2.05 bits per heavy atom. The molecule has 0 aliphatic heterocycles. The monoisotopic (exact) mass is 286 g/mol. The SMILES string of the molecule is C#CCn1cnc(C(F)(F)F)c(CCCCCC)c1=O. The maximum Gasteiger partial charge on any atom is 0.433 e. The largest absolute Gasteiger partial charge is 0.433 e. The fourth-order valence-electron chi connectivity index (χ4n) is 1.94. The van der Waals surface area contributed by atoms with Gasteiger partial charge in [-0.05, 0) is 12.8 Å². The number of aromatic nitrogens is 2. The van der Waals surface area contributed by atoms with E-state index in [4.69, 9.17) is 6.42 Å². The van der Waals surface area contributed by atoms with Crippen molar-refractivity contribution >= 4 is 0 Å². The molecule has 0 unspecified atom stereocenters. The van der Waals surface area contributed by atoms with Crippen molar-refractivity contribution in [2.45, 2.75) is 51.7 Å². The summed E-state index contributed by atoms with van der Waals surface area (Å²) < 4.78 is 39.6. The number of hydrogen-bond donors (Lipinski definition) is 0. The molecule has 1 aromatic rings. The van der Waals surface area contributed by atoms with Crippen LogP contribution in [0.15, 0.2) is 11.1 Å². The Balaban J connectivity index is 3.11. The summed E-state index contributed by atoms with van der Waals surface area (Å²) in [6.07, 6.45) is 4.63. The first-order chi connectivity index (χ1) is 9.41. The molecule has 0 amide bonds. The van der Waals surface area contributed by atoms with E-state index in [0.717, 1.165) is 30.2 Å². The van der Waals surface area contributed by atoms with Crippen molar-refractivity contribution in [3.05, 3.63) is 27.9 Å². The fraction of sp³-hybridized carbons (Fsp3) is 0.571. The Bertz CT molecular complexity index is 541. The molecule has 0 bridgehead atoms. The van der Waals surface area contributed by atoms with Gasteiger partial charge in [0.25, 0.3) is 5.56 Å². The van der Waals surface area contributed by atoms with Gasteiger partial charge in [-0.25, -0.2) is 4.98 Å². The first-order valence-electron chi connectivity index (χ1n) is 6.50. The van der Waals surface area contributed by atoms with Gasteiger partial charge in [-0.2, -0.15) is 13.2 Å². The number of unbranched alkanes of at least 4 members (excludes halogenated alkanes) is 3. The van der Waals surface area contributed by atoms with E-state index in [1.807, 2.05) is 6.92 Å². The van der Waals surface area contributed by atoms with Gasteiger partial charge in [0.15, 0.2) is 5.69 Å². The zero-order chi connectivity index (χ0) is 15.2. The standard InChI is InChI=1S/C14H17F3N2O/c1-3-5-6-7-8-11-12(14(15,16)17)18-10-19(9-4-2)13(11)20/h2,10H,3,5-9H2,1H3. The van der Waals surface area contributed by atoms with Crippen LogP contribution in [0, 0.1) is 12.3 Å². The van der Waals surface area contributed by atoms with Crippen molar-refractivity contribution in [3.8, 4) is 12.3 Å². The molecule has 0 spiro atoms. The maximum atomic E-state index is 12.9. The van der Waals surface area contributed by atoms with Crippen LogP contribution in [-0.2, 0) is 19.1 Å². The second kappa shape index (κ2) is 7.13. The van der Waals surface area contributed by atoms with Crippen molar-refractivity contribution in [2.75, 3.05) is 0 Å². The fourth-order valence-corrected chi connectivity index (χ4v) is 1.94. The third-order valence-electron chi connectivity index (χ3n) is 2.94. The topological polar surface area (TPSA) is 34.9 Å². The lowest BCUT2D eigenvalue weighted by molar-refractivity contribution is -0.142. The molecular weight excluding hydrogens is 269 g/mol. The molecule has 110 valence electrons. The molecule has 20 heavy (non-hydrogen) atoms. The Morgan fingerprint density at radius 1 is 1.35 bits per heavy atom. The second-order valence-corrected chi connectivity index (χ2v) is 4.52. The van der Waals surface area contributed by atoms with Crippen LogP contribution in [0.2, 0.25) is 0 Å². The van der Waals surface area contributed by atoms with Crippen LogP contribution in [0.1, 0.15) is 43.9 Å². The average Bonchev–Trinajstić information content (AvgIpc) is 2.37. The zero-order valence-corrected chi connectivity index (χ0v) is 11.3. The lowest BCUT2D eigenvalue weighted by Crippen LogP contribution is -2.29. The van der Waals surface area contributed by atoms with Gasteiger partial charge < -0.3 is 0 Å². The summed E-state index contributed by atoms with van der Waals surface area (Å²) in [6, 6.07) is 0. The van der Waals surface area contributed by atoms with Crippen LogP contribution in [0.3, 0.4) is 0 Å². The summed E-state index contributed by atoms with van der Waals surface area (Å²) in [6.45, 7) is 1.93. The lowest BCUT2D eigenvalue weighted by Gasteiger charge is -2.12. The third-order valence-corrected chi connectivity index (χ3v) is 2.94. The first-order valence-corrected chi connectivity index (χ1v) is 6.50. The quantitative estimate of drug-likeness (QED) is 0.595. The van der Waals surface area contributed by atoms with Gasteiger partial charge in [-0.3, -0.25) is 9.36 Å². The predicted molar refractivity (Wildman–Crippen MR) is 70.2 cm³/mol. The normalized spacial score (nSPS) is 11.3. The van der Waals surface area contributed by atoms with Gasteiger partial charge >= 0.3 is 6.18 Å². The van der Waals surface area contributed by atoms with Gasteiger partial charge in [0.05, 0.1) is 12.9 Å². The molecule has 0 aliphatic carbocycles. The lowest BCUT2D eigenvalue weighted by atomic mass is 10.1. The summed E-state index contributed by atoms with van der Waals surface area (Å²) in [5.41, 5.74) is -2.07. The van der Waals surface area contributed by atoms with E-state index in [0.29, 0.717) is 6.42 Å². The van der Waals surface area contributed by atoms with Crippen molar-refractivity contribution < 1.29 is 13.2 Å². The van der Waals surface area contributed by atoms with Gasteiger partial charge in [-0.1, -0.05) is 32.1 Å². The molecule has 0 N–H and O–H groups in total. The minimum Gasteiger partial charge on any atom is -0.287 e. The molecule has 1 heterocycles. The summed E-state index contributed by atoms with van der Waals surface area (Å²) in [5.74, 6) is 2.23. The van der Waals surface area contributed by atoms with E-state index in [-0.39, 0.29) is 18.5 Å². The molecule has 1 aromatic heterocycles. The van der Waals surface area contributed by atoms with Crippen LogP contribution in [0.25, 0.3) is 0 Å². The summed E-state index contributed by atoms with van der Waals surface area (Å²) >= 11 is 0. The van der Waals surface area contributed by atoms with Crippen molar-refractivity contribution in [3.63, 3.8) is 0 Å². The van der Waals surface area contributed by atoms with Crippen LogP contribution in [-0.4, -0.2) is 9.55 Å². The predicted octanol–water partition coefficient (Wildman–Crippen LogP) is 3.02. The van der Waals surface area contributed by atoms with Crippen LogP contribution in [0.5, 0.6) is 0 Å². The molecule has 0 atom stereocenters. The van der Waals surface area contributed by atoms with E-state index < -0.39 is 17.4 Å². The highest BCUT2D eigenvalue weighted by Gasteiger charge is 2.36. The molecule has 0 fully saturated rings. The summed E-state index contributed by atoms with van der Waals surface area (Å²) in [7, 11) is 0. The van der Waals surface area contributed by atoms with Crippen LogP contribution >= 0.6 is 0 Å². The molecular formula is C14H17F3N2O. The van der Waals surface area contributed by atoms with E-state index >= 15 is 0 Å². The van der Waals surface area contributed by atoms with Gasteiger partial charge in [-0.15, -0.1) is 6.42 Å². The Kier molecular flexibility index (Phi) is 5.81. The molecule has 0 saturated heterocycles. The summed E-state index contributed by atoms with van der Waals surface area (Å²) in [5, 5.41) is 0. The van der Waals surface area contributed by atoms with E-state index in [2.05, 4.69) is 10.9 Å². The van der Waals surface area contributed by atoms with Crippen LogP contribution < -0.4 is 5.56 Å². The molecule has 3 nitrogen and oxygen atoms in total. The molecule has 0 aliphatic rings. The highest BCUT2D eigenvalue weighted by atomic mass is 19.4. The first kappa shape index (κ1) is 16.3. The van der Waals surface area contributed by atoms with Gasteiger partial charge in [0, 0.05) is 5.56 Å². The molecule has 0 aromatic carbocycles. The van der Waals surface area contributed by atoms with Crippen molar-refractivity contribution in [1.29, 1.82) is 0 Å². The Hall–Kier alpha value is -1.77. The number of halogens is 3. The average molecular weight is 286 g/mol.